The van der Waals surface area contributed by atoms with Gasteiger partial charge >= 0.3 is 0 Å². The van der Waals surface area contributed by atoms with E-state index in [0.29, 0.717) is 13.2 Å². The Kier molecular flexibility index (Phi) is 5.48. The lowest BCUT2D eigenvalue weighted by molar-refractivity contribution is 0.0617. The van der Waals surface area contributed by atoms with Gasteiger partial charge in [0.15, 0.2) is 0 Å². The van der Waals surface area contributed by atoms with Crippen LogP contribution in [0.15, 0.2) is 41.1 Å². The molecule has 0 saturated carbocycles. The maximum Gasteiger partial charge on any atom is 0.119 e. The van der Waals surface area contributed by atoms with Crippen molar-refractivity contribution in [2.24, 2.45) is 0 Å². The van der Waals surface area contributed by atoms with Crippen molar-refractivity contribution in [3.63, 3.8) is 0 Å². The Morgan fingerprint density at radius 2 is 1.82 bits per heavy atom. The third kappa shape index (κ3) is 4.32. The zero-order chi connectivity index (χ0) is 15.2. The number of hydrogen-bond donors (Lipinski definition) is 1. The average molecular weight is 317 g/mol. The second-order valence-corrected chi connectivity index (χ2v) is 6.64. The molecule has 0 radical (unpaired) electrons. The zero-order valence-electron chi connectivity index (χ0n) is 12.8. The predicted octanol–water partition coefficient (Wildman–Crippen LogP) is 3.64. The van der Waals surface area contributed by atoms with E-state index in [4.69, 9.17) is 4.74 Å². The van der Waals surface area contributed by atoms with Gasteiger partial charge in [-0.25, -0.2) is 0 Å². The fourth-order valence-electron chi connectivity index (χ4n) is 2.86. The van der Waals surface area contributed by atoms with Gasteiger partial charge in [-0.3, -0.25) is 0 Å². The van der Waals surface area contributed by atoms with E-state index in [1.807, 2.05) is 12.1 Å². The molecule has 4 heteroatoms. The van der Waals surface area contributed by atoms with Gasteiger partial charge in [0.05, 0.1) is 0 Å². The van der Waals surface area contributed by atoms with Gasteiger partial charge in [-0.1, -0.05) is 18.6 Å². The molecule has 3 rings (SSSR count). The Labute approximate surface area is 136 Å². The summed E-state index contributed by atoms with van der Waals surface area (Å²) in [6.07, 6.45) is 3.39. The number of benzene rings is 1. The number of rotatable bonds is 6. The molecule has 3 nitrogen and oxygen atoms in total. The molecular formula is C18H23NO2S. The minimum absolute atomic E-state index is 0.355. The molecule has 2 heterocycles. The van der Waals surface area contributed by atoms with Crippen LogP contribution in [0.3, 0.4) is 0 Å². The Balaban J connectivity index is 1.46. The first-order valence-electron chi connectivity index (χ1n) is 7.97. The number of aliphatic hydroxyl groups is 1. The van der Waals surface area contributed by atoms with Crippen LogP contribution in [0.2, 0.25) is 0 Å². The molecule has 118 valence electrons. The number of ether oxygens (including phenoxy) is 1. The largest absolute Gasteiger partial charge is 0.491 e. The SMILES string of the molecule is OC(COc1ccc(-c2ccsc2)cc1)CN1CCCCC1. The minimum atomic E-state index is -0.422. The molecule has 0 spiro atoms. The van der Waals surface area contributed by atoms with Crippen molar-refractivity contribution < 1.29 is 9.84 Å². The summed E-state index contributed by atoms with van der Waals surface area (Å²) in [6.45, 7) is 3.28. The van der Waals surface area contributed by atoms with Gasteiger partial charge in [0.1, 0.15) is 18.5 Å². The maximum atomic E-state index is 10.1. The molecule has 1 aromatic heterocycles. The first-order chi connectivity index (χ1) is 10.8. The summed E-state index contributed by atoms with van der Waals surface area (Å²) in [6, 6.07) is 10.2. The van der Waals surface area contributed by atoms with E-state index in [1.54, 1.807) is 11.3 Å². The first-order valence-corrected chi connectivity index (χ1v) is 8.91. The van der Waals surface area contributed by atoms with Crippen LogP contribution in [0, 0.1) is 0 Å². The maximum absolute atomic E-state index is 10.1. The summed E-state index contributed by atoms with van der Waals surface area (Å²) in [7, 11) is 0. The standard InChI is InChI=1S/C18H23NO2S/c20-17(12-19-9-2-1-3-10-19)13-21-18-6-4-15(5-7-18)16-8-11-22-14-16/h4-8,11,14,17,20H,1-3,9-10,12-13H2. The molecule has 1 atom stereocenters. The van der Waals surface area contributed by atoms with Gasteiger partial charge in [0.2, 0.25) is 0 Å². The number of piperidine rings is 1. The third-order valence-electron chi connectivity index (χ3n) is 4.07. The van der Waals surface area contributed by atoms with Crippen molar-refractivity contribution in [1.29, 1.82) is 0 Å². The number of nitrogens with zero attached hydrogens (tertiary/aromatic N) is 1. The van der Waals surface area contributed by atoms with Gasteiger partial charge in [-0.05, 0) is 66.0 Å². The van der Waals surface area contributed by atoms with Crippen molar-refractivity contribution >= 4 is 11.3 Å². The lowest BCUT2D eigenvalue weighted by atomic mass is 10.1. The highest BCUT2D eigenvalue weighted by atomic mass is 32.1. The summed E-state index contributed by atoms with van der Waals surface area (Å²) in [5.74, 6) is 0.816. The molecule has 1 unspecified atom stereocenters. The summed E-state index contributed by atoms with van der Waals surface area (Å²) in [5.41, 5.74) is 2.43. The van der Waals surface area contributed by atoms with Crippen LogP contribution in [0.25, 0.3) is 11.1 Å². The molecule has 0 bridgehead atoms. The second-order valence-electron chi connectivity index (χ2n) is 5.86. The molecule has 0 amide bonds. The molecule has 1 aliphatic heterocycles. The van der Waals surface area contributed by atoms with E-state index >= 15 is 0 Å². The topological polar surface area (TPSA) is 32.7 Å². The van der Waals surface area contributed by atoms with Crippen LogP contribution in [0.5, 0.6) is 5.75 Å². The zero-order valence-corrected chi connectivity index (χ0v) is 13.6. The van der Waals surface area contributed by atoms with E-state index < -0.39 is 6.10 Å². The summed E-state index contributed by atoms with van der Waals surface area (Å²) in [5, 5.41) is 14.3. The van der Waals surface area contributed by atoms with Gasteiger partial charge < -0.3 is 14.7 Å². The van der Waals surface area contributed by atoms with Crippen molar-refractivity contribution in [3.05, 3.63) is 41.1 Å². The normalized spacial score (nSPS) is 17.3. The van der Waals surface area contributed by atoms with E-state index in [0.717, 1.165) is 18.8 Å². The smallest absolute Gasteiger partial charge is 0.119 e. The highest BCUT2D eigenvalue weighted by Crippen LogP contribution is 2.24. The molecule has 1 N–H and O–H groups in total. The van der Waals surface area contributed by atoms with Crippen LogP contribution in [0.4, 0.5) is 0 Å². The number of hydrogen-bond acceptors (Lipinski definition) is 4. The van der Waals surface area contributed by atoms with Crippen LogP contribution < -0.4 is 4.74 Å². The van der Waals surface area contributed by atoms with E-state index in [2.05, 4.69) is 33.9 Å². The Morgan fingerprint density at radius 3 is 2.50 bits per heavy atom. The van der Waals surface area contributed by atoms with Crippen molar-refractivity contribution in [2.75, 3.05) is 26.2 Å². The monoisotopic (exact) mass is 317 g/mol. The lowest BCUT2D eigenvalue weighted by Crippen LogP contribution is -2.38. The predicted molar refractivity (Wildman–Crippen MR) is 91.5 cm³/mol. The quantitative estimate of drug-likeness (QED) is 0.883. The third-order valence-corrected chi connectivity index (χ3v) is 4.75. The first kappa shape index (κ1) is 15.5. The average Bonchev–Trinajstić information content (AvgIpc) is 3.09. The van der Waals surface area contributed by atoms with E-state index in [1.165, 1.54) is 30.4 Å². The van der Waals surface area contributed by atoms with E-state index in [-0.39, 0.29) is 0 Å². The Bertz CT molecular complexity index is 547. The molecule has 1 saturated heterocycles. The van der Waals surface area contributed by atoms with Crippen LogP contribution >= 0.6 is 11.3 Å². The lowest BCUT2D eigenvalue weighted by Gasteiger charge is -2.28. The molecular weight excluding hydrogens is 294 g/mol. The molecule has 0 aliphatic carbocycles. The molecule has 1 aliphatic rings. The van der Waals surface area contributed by atoms with Gasteiger partial charge in [-0.15, -0.1) is 0 Å². The fourth-order valence-corrected chi connectivity index (χ4v) is 3.52. The highest BCUT2D eigenvalue weighted by Gasteiger charge is 2.15. The number of likely N-dealkylation sites (tertiary alicyclic amines) is 1. The Morgan fingerprint density at radius 1 is 1.05 bits per heavy atom. The number of β-amino-alcohol motifs (C(OH)–C–C–N with tert-alkyl or cyclic N) is 1. The minimum Gasteiger partial charge on any atom is -0.491 e. The number of thiophene rings is 1. The van der Waals surface area contributed by atoms with Crippen molar-refractivity contribution in [2.45, 2.75) is 25.4 Å². The molecule has 1 aromatic carbocycles. The summed E-state index contributed by atoms with van der Waals surface area (Å²) >= 11 is 1.70. The van der Waals surface area contributed by atoms with Gasteiger partial charge in [-0.2, -0.15) is 11.3 Å². The molecule has 22 heavy (non-hydrogen) atoms. The second kappa shape index (κ2) is 7.77. The van der Waals surface area contributed by atoms with Crippen LogP contribution in [-0.2, 0) is 0 Å². The van der Waals surface area contributed by atoms with Crippen LogP contribution in [0.1, 0.15) is 19.3 Å². The van der Waals surface area contributed by atoms with Crippen molar-refractivity contribution in [1.82, 2.24) is 4.90 Å². The van der Waals surface area contributed by atoms with Crippen LogP contribution in [-0.4, -0.2) is 42.4 Å². The summed E-state index contributed by atoms with van der Waals surface area (Å²) < 4.78 is 5.71. The Hall–Kier alpha value is -1.36. The van der Waals surface area contributed by atoms with Crippen molar-refractivity contribution in [3.8, 4) is 16.9 Å². The molecule has 2 aromatic rings. The van der Waals surface area contributed by atoms with E-state index in [9.17, 15) is 5.11 Å². The highest BCUT2D eigenvalue weighted by molar-refractivity contribution is 7.08. The fraction of sp³-hybridized carbons (Fsp3) is 0.444. The number of aliphatic hydroxyl groups excluding tert-OH is 1. The van der Waals surface area contributed by atoms with Gasteiger partial charge in [0, 0.05) is 6.54 Å². The van der Waals surface area contributed by atoms with Gasteiger partial charge in [0.25, 0.3) is 0 Å². The molecule has 1 fully saturated rings. The summed E-state index contributed by atoms with van der Waals surface area (Å²) in [4.78, 5) is 2.33.